The summed E-state index contributed by atoms with van der Waals surface area (Å²) in [5.41, 5.74) is 1.37. The number of likely N-dealkylation sites (N-methyl/N-ethyl adjacent to an activating group) is 1. The van der Waals surface area contributed by atoms with E-state index in [2.05, 4.69) is 46.4 Å². The van der Waals surface area contributed by atoms with Crippen LogP contribution in [0.3, 0.4) is 0 Å². The predicted molar refractivity (Wildman–Crippen MR) is 56.4 cm³/mol. The molecule has 0 saturated heterocycles. The molecule has 1 aromatic rings. The first-order valence-corrected chi connectivity index (χ1v) is 5.08. The average molecular weight is 228 g/mol. The lowest BCUT2D eigenvalue weighted by molar-refractivity contribution is 0.715. The van der Waals surface area contributed by atoms with Crippen molar-refractivity contribution < 1.29 is 0 Å². The molecule has 1 N–H and O–H groups in total. The number of hydrogen-bond acceptors (Lipinski definition) is 1. The molecule has 66 valence electrons. The number of rotatable bonds is 4. The van der Waals surface area contributed by atoms with Crippen LogP contribution in [0, 0.1) is 0 Å². The second-order valence-electron chi connectivity index (χ2n) is 2.69. The van der Waals surface area contributed by atoms with Crippen molar-refractivity contribution in [3.63, 3.8) is 0 Å². The lowest BCUT2D eigenvalue weighted by Crippen LogP contribution is -2.16. The molecular weight excluding hydrogens is 214 g/mol. The van der Waals surface area contributed by atoms with Gasteiger partial charge in [-0.1, -0.05) is 41.1 Å². The standard InChI is InChI=1S/C10H14BrN/c1-2-12-8-7-9-5-3-4-6-10(9)11/h3-6,12H,2,7-8H2,1H3. The number of nitrogens with one attached hydrogen (secondary N) is 1. The summed E-state index contributed by atoms with van der Waals surface area (Å²) >= 11 is 3.52. The Morgan fingerprint density at radius 3 is 2.75 bits per heavy atom. The fourth-order valence-electron chi connectivity index (χ4n) is 1.10. The van der Waals surface area contributed by atoms with Gasteiger partial charge in [0.2, 0.25) is 0 Å². The lowest BCUT2D eigenvalue weighted by Gasteiger charge is -2.03. The minimum atomic E-state index is 1.05. The summed E-state index contributed by atoms with van der Waals surface area (Å²) < 4.78 is 1.21. The van der Waals surface area contributed by atoms with E-state index in [0.29, 0.717) is 0 Å². The van der Waals surface area contributed by atoms with Gasteiger partial charge in [-0.2, -0.15) is 0 Å². The molecule has 1 nitrogen and oxygen atoms in total. The molecular formula is C10H14BrN. The van der Waals surface area contributed by atoms with Crippen molar-refractivity contribution in [3.8, 4) is 0 Å². The molecule has 0 saturated carbocycles. The van der Waals surface area contributed by atoms with E-state index < -0.39 is 0 Å². The Hall–Kier alpha value is -0.340. The van der Waals surface area contributed by atoms with Crippen LogP contribution in [-0.2, 0) is 6.42 Å². The minimum absolute atomic E-state index is 1.05. The van der Waals surface area contributed by atoms with Gasteiger partial charge in [0.15, 0.2) is 0 Å². The molecule has 0 amide bonds. The lowest BCUT2D eigenvalue weighted by atomic mass is 10.1. The van der Waals surface area contributed by atoms with Gasteiger partial charge >= 0.3 is 0 Å². The molecule has 0 atom stereocenters. The third-order valence-corrected chi connectivity index (χ3v) is 2.55. The van der Waals surface area contributed by atoms with E-state index in [1.165, 1.54) is 10.0 Å². The second kappa shape index (κ2) is 5.33. The van der Waals surface area contributed by atoms with E-state index in [4.69, 9.17) is 0 Å². The van der Waals surface area contributed by atoms with E-state index in [-0.39, 0.29) is 0 Å². The van der Waals surface area contributed by atoms with Crippen molar-refractivity contribution >= 4 is 15.9 Å². The van der Waals surface area contributed by atoms with Crippen molar-refractivity contribution in [2.24, 2.45) is 0 Å². The molecule has 0 aromatic heterocycles. The van der Waals surface area contributed by atoms with Gasteiger partial charge in [0.1, 0.15) is 0 Å². The van der Waals surface area contributed by atoms with Crippen LogP contribution in [0.2, 0.25) is 0 Å². The molecule has 0 heterocycles. The highest BCUT2D eigenvalue weighted by atomic mass is 79.9. The summed E-state index contributed by atoms with van der Waals surface area (Å²) in [4.78, 5) is 0. The molecule has 0 aliphatic rings. The topological polar surface area (TPSA) is 12.0 Å². The Balaban J connectivity index is 2.46. The van der Waals surface area contributed by atoms with Gasteiger partial charge in [0.05, 0.1) is 0 Å². The van der Waals surface area contributed by atoms with Gasteiger partial charge < -0.3 is 5.32 Å². The Bertz CT molecular complexity index is 235. The third kappa shape index (κ3) is 2.95. The SMILES string of the molecule is CCNCCc1ccccc1Br. The summed E-state index contributed by atoms with van der Waals surface area (Å²) in [6.07, 6.45) is 1.09. The second-order valence-corrected chi connectivity index (χ2v) is 3.55. The largest absolute Gasteiger partial charge is 0.317 e. The van der Waals surface area contributed by atoms with Crippen LogP contribution in [0.25, 0.3) is 0 Å². The van der Waals surface area contributed by atoms with E-state index >= 15 is 0 Å². The van der Waals surface area contributed by atoms with Crippen molar-refractivity contribution in [3.05, 3.63) is 34.3 Å². The summed E-state index contributed by atoms with van der Waals surface area (Å²) in [6, 6.07) is 8.36. The van der Waals surface area contributed by atoms with Gasteiger partial charge in [-0.15, -0.1) is 0 Å². The van der Waals surface area contributed by atoms with E-state index in [0.717, 1.165) is 19.5 Å². The Morgan fingerprint density at radius 2 is 2.08 bits per heavy atom. The van der Waals surface area contributed by atoms with Crippen molar-refractivity contribution in [2.75, 3.05) is 13.1 Å². The smallest absolute Gasteiger partial charge is 0.0207 e. The zero-order valence-electron chi connectivity index (χ0n) is 7.31. The minimum Gasteiger partial charge on any atom is -0.317 e. The van der Waals surface area contributed by atoms with E-state index in [1.807, 2.05) is 6.07 Å². The van der Waals surface area contributed by atoms with Crippen LogP contribution in [0.5, 0.6) is 0 Å². The summed E-state index contributed by atoms with van der Waals surface area (Å²) in [7, 11) is 0. The van der Waals surface area contributed by atoms with Gasteiger partial charge in [-0.05, 0) is 31.1 Å². The monoisotopic (exact) mass is 227 g/mol. The Morgan fingerprint density at radius 1 is 1.33 bits per heavy atom. The van der Waals surface area contributed by atoms with E-state index in [1.54, 1.807) is 0 Å². The van der Waals surface area contributed by atoms with Gasteiger partial charge in [-0.25, -0.2) is 0 Å². The van der Waals surface area contributed by atoms with Crippen LogP contribution >= 0.6 is 15.9 Å². The van der Waals surface area contributed by atoms with Crippen molar-refractivity contribution in [1.29, 1.82) is 0 Å². The average Bonchev–Trinajstić information content (AvgIpc) is 2.09. The summed E-state index contributed by atoms with van der Waals surface area (Å²) in [5, 5.41) is 3.30. The highest BCUT2D eigenvalue weighted by Gasteiger charge is 1.96. The van der Waals surface area contributed by atoms with Crippen LogP contribution in [-0.4, -0.2) is 13.1 Å². The predicted octanol–water partition coefficient (Wildman–Crippen LogP) is 2.60. The molecule has 0 aliphatic carbocycles. The Kier molecular flexibility index (Phi) is 4.33. The molecule has 0 spiro atoms. The van der Waals surface area contributed by atoms with Crippen LogP contribution in [0.4, 0.5) is 0 Å². The molecule has 1 aromatic carbocycles. The molecule has 2 heteroatoms. The molecule has 0 unspecified atom stereocenters. The van der Waals surface area contributed by atoms with Crippen molar-refractivity contribution in [2.45, 2.75) is 13.3 Å². The molecule has 1 rings (SSSR count). The maximum absolute atomic E-state index is 3.52. The highest BCUT2D eigenvalue weighted by Crippen LogP contribution is 2.15. The Labute approximate surface area is 82.3 Å². The summed E-state index contributed by atoms with van der Waals surface area (Å²) in [5.74, 6) is 0. The fraction of sp³-hybridized carbons (Fsp3) is 0.400. The molecule has 12 heavy (non-hydrogen) atoms. The highest BCUT2D eigenvalue weighted by molar-refractivity contribution is 9.10. The molecule has 0 bridgehead atoms. The molecule has 0 aliphatic heterocycles. The zero-order chi connectivity index (χ0) is 8.81. The third-order valence-electron chi connectivity index (χ3n) is 1.78. The maximum Gasteiger partial charge on any atom is 0.0207 e. The van der Waals surface area contributed by atoms with Gasteiger partial charge in [0.25, 0.3) is 0 Å². The van der Waals surface area contributed by atoms with Crippen LogP contribution in [0.1, 0.15) is 12.5 Å². The van der Waals surface area contributed by atoms with Crippen LogP contribution < -0.4 is 5.32 Å². The number of benzene rings is 1. The van der Waals surface area contributed by atoms with Crippen LogP contribution in [0.15, 0.2) is 28.7 Å². The summed E-state index contributed by atoms with van der Waals surface area (Å²) in [6.45, 7) is 4.23. The van der Waals surface area contributed by atoms with Gasteiger partial charge in [-0.3, -0.25) is 0 Å². The molecule has 0 radical (unpaired) electrons. The van der Waals surface area contributed by atoms with Crippen molar-refractivity contribution in [1.82, 2.24) is 5.32 Å². The first kappa shape index (κ1) is 9.75. The maximum atomic E-state index is 3.52. The first-order valence-electron chi connectivity index (χ1n) is 4.28. The first-order chi connectivity index (χ1) is 5.84. The van der Waals surface area contributed by atoms with E-state index in [9.17, 15) is 0 Å². The van der Waals surface area contributed by atoms with Gasteiger partial charge in [0, 0.05) is 4.47 Å². The number of hydrogen-bond donors (Lipinski definition) is 1. The number of halogens is 1. The quantitative estimate of drug-likeness (QED) is 0.781. The fourth-order valence-corrected chi connectivity index (χ4v) is 1.58. The normalized spacial score (nSPS) is 10.2. The zero-order valence-corrected chi connectivity index (χ0v) is 8.89. The molecule has 0 fully saturated rings.